The molecule has 2 bridgehead atoms. The van der Waals surface area contributed by atoms with Gasteiger partial charge in [-0.3, -0.25) is 14.8 Å². The molecule has 20 heavy (non-hydrogen) atoms. The number of ether oxygens (including phenoxy) is 1. The number of hydrogen-bond donors (Lipinski definition) is 2. The minimum absolute atomic E-state index is 0. The van der Waals surface area contributed by atoms with Gasteiger partial charge in [0.25, 0.3) is 0 Å². The van der Waals surface area contributed by atoms with Gasteiger partial charge in [-0.15, -0.1) is 24.0 Å². The largest absolute Gasteiger partial charge is 0.383 e. The van der Waals surface area contributed by atoms with Crippen LogP contribution in [0.5, 0.6) is 0 Å². The molecular weight excluding hydrogens is 369 g/mol. The zero-order valence-electron chi connectivity index (χ0n) is 12.6. The molecule has 1 unspecified atom stereocenters. The summed E-state index contributed by atoms with van der Waals surface area (Å²) in [6, 6.07) is 0.584. The number of hydrogen-bond acceptors (Lipinski definition) is 4. The second-order valence-electron chi connectivity index (χ2n) is 5.13. The Morgan fingerprint density at radius 1 is 1.25 bits per heavy atom. The van der Waals surface area contributed by atoms with E-state index in [0.717, 1.165) is 25.6 Å². The van der Waals surface area contributed by atoms with Crippen molar-refractivity contribution in [2.24, 2.45) is 4.99 Å². The van der Waals surface area contributed by atoms with Crippen molar-refractivity contribution in [1.82, 2.24) is 20.4 Å². The van der Waals surface area contributed by atoms with Gasteiger partial charge in [-0.25, -0.2) is 0 Å². The van der Waals surface area contributed by atoms with E-state index in [2.05, 4.69) is 27.4 Å². The zero-order valence-corrected chi connectivity index (χ0v) is 14.9. The zero-order chi connectivity index (χ0) is 13.5. The molecule has 0 aromatic heterocycles. The van der Waals surface area contributed by atoms with Gasteiger partial charge in [0, 0.05) is 59.0 Å². The van der Waals surface area contributed by atoms with Gasteiger partial charge in [0.2, 0.25) is 0 Å². The van der Waals surface area contributed by atoms with Gasteiger partial charge in [-0.05, 0) is 6.92 Å². The monoisotopic (exact) mass is 397 g/mol. The van der Waals surface area contributed by atoms with Crippen LogP contribution in [0.15, 0.2) is 4.99 Å². The topological polar surface area (TPSA) is 52.1 Å². The van der Waals surface area contributed by atoms with Gasteiger partial charge >= 0.3 is 0 Å². The lowest BCUT2D eigenvalue weighted by Gasteiger charge is -2.47. The lowest BCUT2D eigenvalue weighted by molar-refractivity contribution is 0.0174. The van der Waals surface area contributed by atoms with Gasteiger partial charge in [0.1, 0.15) is 0 Å². The number of guanidine groups is 1. The Morgan fingerprint density at radius 3 is 2.55 bits per heavy atom. The number of nitrogens with zero attached hydrogens (tertiary/aromatic N) is 3. The molecule has 7 heteroatoms. The summed E-state index contributed by atoms with van der Waals surface area (Å²) in [5.41, 5.74) is 0. The summed E-state index contributed by atoms with van der Waals surface area (Å²) in [7, 11) is 1.71. The highest BCUT2D eigenvalue weighted by atomic mass is 127. The Labute approximate surface area is 139 Å². The van der Waals surface area contributed by atoms with Crippen LogP contribution < -0.4 is 10.6 Å². The highest BCUT2D eigenvalue weighted by Gasteiger charge is 2.31. The number of nitrogens with one attached hydrogen (secondary N) is 2. The van der Waals surface area contributed by atoms with Gasteiger partial charge in [-0.2, -0.15) is 0 Å². The quantitative estimate of drug-likeness (QED) is 0.282. The van der Waals surface area contributed by atoms with Crippen molar-refractivity contribution >= 4 is 29.9 Å². The predicted octanol–water partition coefficient (Wildman–Crippen LogP) is -0.194. The summed E-state index contributed by atoms with van der Waals surface area (Å²) >= 11 is 0. The van der Waals surface area contributed by atoms with Crippen molar-refractivity contribution < 1.29 is 4.74 Å². The molecule has 3 fully saturated rings. The van der Waals surface area contributed by atoms with Crippen LogP contribution >= 0.6 is 24.0 Å². The molecule has 6 nitrogen and oxygen atoms in total. The Bertz CT molecular complexity index is 294. The third kappa shape index (κ3) is 5.34. The highest BCUT2D eigenvalue weighted by molar-refractivity contribution is 14.0. The molecule has 0 aromatic rings. The molecule has 3 aliphatic heterocycles. The number of rotatable bonds is 6. The smallest absolute Gasteiger partial charge is 0.191 e. The molecule has 2 N–H and O–H groups in total. The first-order chi connectivity index (χ1) is 9.33. The molecule has 0 aromatic carbocycles. The Morgan fingerprint density at radius 2 is 2.00 bits per heavy atom. The van der Waals surface area contributed by atoms with E-state index in [-0.39, 0.29) is 24.0 Å². The van der Waals surface area contributed by atoms with Crippen molar-refractivity contribution in [3.05, 3.63) is 0 Å². The van der Waals surface area contributed by atoms with Crippen LogP contribution in [0, 0.1) is 0 Å². The van der Waals surface area contributed by atoms with Crippen molar-refractivity contribution in [1.29, 1.82) is 0 Å². The standard InChI is InChI=1S/C13H27N5O.HI/c1-3-14-13(15-4-9-19-2)16-10-12-11-17-5-7-18(12)8-6-17;/h12H,3-11H2,1-2H3,(H2,14,15,16);1H. The van der Waals surface area contributed by atoms with E-state index in [1.807, 2.05) is 0 Å². The average Bonchev–Trinajstić information content (AvgIpc) is 2.46. The highest BCUT2D eigenvalue weighted by Crippen LogP contribution is 2.15. The van der Waals surface area contributed by atoms with Crippen LogP contribution in [0.1, 0.15) is 6.92 Å². The van der Waals surface area contributed by atoms with E-state index in [1.54, 1.807) is 7.11 Å². The van der Waals surface area contributed by atoms with E-state index in [0.29, 0.717) is 12.6 Å². The maximum atomic E-state index is 5.04. The summed E-state index contributed by atoms with van der Waals surface area (Å²) in [4.78, 5) is 9.82. The predicted molar refractivity (Wildman–Crippen MR) is 93.1 cm³/mol. The molecule has 3 saturated heterocycles. The van der Waals surface area contributed by atoms with E-state index < -0.39 is 0 Å². The Kier molecular flexibility index (Phi) is 8.74. The van der Waals surface area contributed by atoms with Crippen LogP contribution in [0.25, 0.3) is 0 Å². The van der Waals surface area contributed by atoms with Crippen LogP contribution in [0.3, 0.4) is 0 Å². The minimum atomic E-state index is 0. The minimum Gasteiger partial charge on any atom is -0.383 e. The maximum absolute atomic E-state index is 5.04. The molecule has 118 valence electrons. The molecule has 3 aliphatic rings. The number of aliphatic imine (C=N–C) groups is 1. The van der Waals surface area contributed by atoms with Crippen molar-refractivity contribution in [3.8, 4) is 0 Å². The molecule has 0 aliphatic carbocycles. The average molecular weight is 397 g/mol. The first-order valence-corrected chi connectivity index (χ1v) is 7.31. The maximum Gasteiger partial charge on any atom is 0.191 e. The molecule has 0 radical (unpaired) electrons. The Balaban J connectivity index is 0.00000200. The number of halogens is 1. The lowest BCUT2D eigenvalue weighted by atomic mass is 10.1. The molecule has 0 amide bonds. The van der Waals surface area contributed by atoms with Crippen molar-refractivity contribution in [3.63, 3.8) is 0 Å². The number of methoxy groups -OCH3 is 1. The molecule has 0 saturated carbocycles. The van der Waals surface area contributed by atoms with Crippen molar-refractivity contribution in [2.45, 2.75) is 13.0 Å². The summed E-state index contributed by atoms with van der Waals surface area (Å²) in [6.45, 7) is 11.4. The molecule has 3 heterocycles. The van der Waals surface area contributed by atoms with Gasteiger partial charge in [-0.1, -0.05) is 0 Å². The summed E-state index contributed by atoms with van der Waals surface area (Å²) < 4.78 is 5.04. The first-order valence-electron chi connectivity index (χ1n) is 7.31. The molecule has 0 spiro atoms. The van der Waals surface area contributed by atoms with Crippen molar-refractivity contribution in [2.75, 3.05) is 66.1 Å². The van der Waals surface area contributed by atoms with Gasteiger partial charge in [0.05, 0.1) is 13.2 Å². The van der Waals surface area contributed by atoms with Crippen LogP contribution in [0.4, 0.5) is 0 Å². The van der Waals surface area contributed by atoms with Gasteiger partial charge < -0.3 is 15.4 Å². The third-order valence-electron chi connectivity index (χ3n) is 3.80. The van der Waals surface area contributed by atoms with E-state index in [4.69, 9.17) is 9.73 Å². The second kappa shape index (κ2) is 9.75. The summed E-state index contributed by atoms with van der Waals surface area (Å²) in [5.74, 6) is 0.900. The third-order valence-corrected chi connectivity index (χ3v) is 3.80. The Hall–Kier alpha value is -0.120. The molecular formula is C13H28IN5O. The fraction of sp³-hybridized carbons (Fsp3) is 0.923. The number of fused-ring (bicyclic) bond motifs is 3. The SMILES string of the molecule is CCNC(=NCC1CN2CCN1CC2)NCCOC.I. The molecule has 1 atom stereocenters. The van der Waals surface area contributed by atoms with Crippen LogP contribution in [0.2, 0.25) is 0 Å². The lowest BCUT2D eigenvalue weighted by Crippen LogP contribution is -2.62. The van der Waals surface area contributed by atoms with E-state index >= 15 is 0 Å². The van der Waals surface area contributed by atoms with Gasteiger partial charge in [0.15, 0.2) is 5.96 Å². The normalized spacial score (nSPS) is 28.9. The van der Waals surface area contributed by atoms with Crippen LogP contribution in [-0.2, 0) is 4.74 Å². The van der Waals surface area contributed by atoms with E-state index in [9.17, 15) is 0 Å². The summed E-state index contributed by atoms with van der Waals surface area (Å²) in [5, 5.41) is 6.56. The molecule has 3 rings (SSSR count). The fourth-order valence-electron chi connectivity index (χ4n) is 2.71. The fourth-order valence-corrected chi connectivity index (χ4v) is 2.71. The van der Waals surface area contributed by atoms with E-state index in [1.165, 1.54) is 32.7 Å². The first kappa shape index (κ1) is 17.9. The number of piperazine rings is 3. The van der Waals surface area contributed by atoms with Crippen LogP contribution in [-0.4, -0.2) is 87.9 Å². The summed E-state index contributed by atoms with van der Waals surface area (Å²) in [6.07, 6.45) is 0. The second-order valence-corrected chi connectivity index (χ2v) is 5.13.